The monoisotopic (exact) mass is 493 g/mol. The molecule has 26 heavy (non-hydrogen) atoms. The number of piperidine rings is 1. The molecule has 1 atom stereocenters. The van der Waals surface area contributed by atoms with Gasteiger partial charge in [0.05, 0.1) is 10.7 Å². The van der Waals surface area contributed by atoms with Crippen molar-refractivity contribution in [1.29, 1.82) is 0 Å². The molecule has 0 radical (unpaired) electrons. The molecular formula is C19H36IN5S. The Morgan fingerprint density at radius 2 is 2.04 bits per heavy atom. The van der Waals surface area contributed by atoms with Crippen LogP contribution >= 0.6 is 35.3 Å². The topological polar surface area (TPSA) is 52.6 Å². The highest BCUT2D eigenvalue weighted by Gasteiger charge is 2.19. The van der Waals surface area contributed by atoms with Crippen LogP contribution < -0.4 is 10.6 Å². The minimum atomic E-state index is 0. The number of rotatable bonds is 8. The van der Waals surface area contributed by atoms with E-state index < -0.39 is 0 Å². The zero-order valence-corrected chi connectivity index (χ0v) is 20.0. The van der Waals surface area contributed by atoms with Crippen LogP contribution in [0.15, 0.2) is 4.99 Å². The zero-order valence-electron chi connectivity index (χ0n) is 16.8. The summed E-state index contributed by atoms with van der Waals surface area (Å²) in [6.45, 7) is 10.8. The van der Waals surface area contributed by atoms with Crippen molar-refractivity contribution < 1.29 is 0 Å². The second kappa shape index (κ2) is 12.9. The molecule has 0 bridgehead atoms. The standard InChI is InChI=1S/C19H35N5S.HI/c1-5-16-9-7-8-13-24(16)14-12-22-19(20-4)21-11-10-18-23-17(6-2)15(3)25-18;/h16H,5-14H2,1-4H3,(H2,20,21,22);1H. The molecule has 5 nitrogen and oxygen atoms in total. The Morgan fingerprint density at radius 3 is 2.69 bits per heavy atom. The van der Waals surface area contributed by atoms with Gasteiger partial charge in [-0.3, -0.25) is 9.89 Å². The number of aryl methyl sites for hydroxylation is 2. The van der Waals surface area contributed by atoms with Crippen LogP contribution in [-0.4, -0.2) is 55.1 Å². The SMILES string of the molecule is CCc1nc(CCNC(=NC)NCCN2CCCCC2CC)sc1C.I. The number of aromatic nitrogens is 1. The van der Waals surface area contributed by atoms with Gasteiger partial charge >= 0.3 is 0 Å². The maximum absolute atomic E-state index is 4.70. The molecule has 0 aliphatic carbocycles. The fourth-order valence-electron chi connectivity index (χ4n) is 3.57. The van der Waals surface area contributed by atoms with E-state index in [1.165, 1.54) is 47.8 Å². The molecule has 1 saturated heterocycles. The van der Waals surface area contributed by atoms with Crippen molar-refractivity contribution in [2.75, 3.05) is 33.2 Å². The van der Waals surface area contributed by atoms with E-state index in [4.69, 9.17) is 4.98 Å². The molecule has 1 aromatic heterocycles. The third-order valence-corrected chi connectivity index (χ3v) is 6.11. The summed E-state index contributed by atoms with van der Waals surface area (Å²) >= 11 is 1.82. The van der Waals surface area contributed by atoms with Crippen molar-refractivity contribution in [2.24, 2.45) is 4.99 Å². The molecule has 0 amide bonds. The fraction of sp³-hybridized carbons (Fsp3) is 0.789. The predicted octanol–water partition coefficient (Wildman–Crippen LogP) is 3.60. The molecular weight excluding hydrogens is 457 g/mol. The predicted molar refractivity (Wildman–Crippen MR) is 124 cm³/mol. The highest BCUT2D eigenvalue weighted by atomic mass is 127. The second-order valence-electron chi connectivity index (χ2n) is 6.73. The molecule has 150 valence electrons. The lowest BCUT2D eigenvalue weighted by atomic mass is 10.0. The first-order chi connectivity index (χ1) is 12.2. The van der Waals surface area contributed by atoms with Gasteiger partial charge in [-0.15, -0.1) is 35.3 Å². The van der Waals surface area contributed by atoms with Crippen molar-refractivity contribution in [2.45, 2.75) is 65.3 Å². The van der Waals surface area contributed by atoms with Gasteiger partial charge in [0.15, 0.2) is 5.96 Å². The average Bonchev–Trinajstić information content (AvgIpc) is 3.00. The quantitative estimate of drug-likeness (QED) is 0.330. The van der Waals surface area contributed by atoms with E-state index in [-0.39, 0.29) is 24.0 Å². The Kier molecular flexibility index (Phi) is 11.7. The average molecular weight is 494 g/mol. The molecule has 0 saturated carbocycles. The fourth-order valence-corrected chi connectivity index (χ4v) is 4.59. The third-order valence-electron chi connectivity index (χ3n) is 5.04. The van der Waals surface area contributed by atoms with Crippen molar-refractivity contribution in [3.8, 4) is 0 Å². The summed E-state index contributed by atoms with van der Waals surface area (Å²) in [6, 6.07) is 0.770. The number of likely N-dealkylation sites (tertiary alicyclic amines) is 1. The molecule has 1 fully saturated rings. The van der Waals surface area contributed by atoms with Crippen molar-refractivity contribution >= 4 is 41.3 Å². The molecule has 2 heterocycles. The van der Waals surface area contributed by atoms with E-state index >= 15 is 0 Å². The Bertz CT molecular complexity index is 546. The van der Waals surface area contributed by atoms with Gasteiger partial charge < -0.3 is 10.6 Å². The van der Waals surface area contributed by atoms with Gasteiger partial charge in [-0.1, -0.05) is 20.3 Å². The minimum Gasteiger partial charge on any atom is -0.356 e. The number of guanidine groups is 1. The first kappa shape index (κ1) is 23.6. The van der Waals surface area contributed by atoms with Crippen LogP contribution in [0, 0.1) is 6.92 Å². The maximum atomic E-state index is 4.70. The molecule has 1 unspecified atom stereocenters. The zero-order chi connectivity index (χ0) is 18.1. The molecule has 1 aliphatic rings. The van der Waals surface area contributed by atoms with Gasteiger partial charge in [0.2, 0.25) is 0 Å². The van der Waals surface area contributed by atoms with Crippen molar-refractivity contribution in [1.82, 2.24) is 20.5 Å². The molecule has 0 aromatic carbocycles. The highest BCUT2D eigenvalue weighted by Crippen LogP contribution is 2.19. The van der Waals surface area contributed by atoms with E-state index in [2.05, 4.69) is 41.3 Å². The van der Waals surface area contributed by atoms with Gasteiger partial charge in [-0.2, -0.15) is 0 Å². The van der Waals surface area contributed by atoms with Crippen molar-refractivity contribution in [3.05, 3.63) is 15.6 Å². The highest BCUT2D eigenvalue weighted by molar-refractivity contribution is 14.0. The summed E-state index contributed by atoms with van der Waals surface area (Å²) in [5.41, 5.74) is 1.24. The van der Waals surface area contributed by atoms with E-state index in [1.54, 1.807) is 0 Å². The molecule has 7 heteroatoms. The molecule has 2 N–H and O–H groups in total. The first-order valence-corrected chi connectivity index (χ1v) is 10.6. The van der Waals surface area contributed by atoms with Gasteiger partial charge in [-0.05, 0) is 39.2 Å². The van der Waals surface area contributed by atoms with Gasteiger partial charge in [0, 0.05) is 44.0 Å². The van der Waals surface area contributed by atoms with Gasteiger partial charge in [0.1, 0.15) is 0 Å². The Balaban J connectivity index is 0.00000338. The van der Waals surface area contributed by atoms with Crippen LogP contribution in [0.3, 0.4) is 0 Å². The van der Waals surface area contributed by atoms with E-state index in [0.29, 0.717) is 0 Å². The Hall–Kier alpha value is -0.410. The summed E-state index contributed by atoms with van der Waals surface area (Å²) in [5.74, 6) is 0.897. The number of hydrogen-bond acceptors (Lipinski definition) is 4. The summed E-state index contributed by atoms with van der Waals surface area (Å²) in [5, 5.41) is 8.09. The number of nitrogens with one attached hydrogen (secondary N) is 2. The lowest BCUT2D eigenvalue weighted by Crippen LogP contribution is -2.46. The molecule has 2 rings (SSSR count). The third kappa shape index (κ3) is 7.31. The lowest BCUT2D eigenvalue weighted by molar-refractivity contribution is 0.147. The van der Waals surface area contributed by atoms with E-state index in [0.717, 1.165) is 44.5 Å². The van der Waals surface area contributed by atoms with E-state index in [9.17, 15) is 0 Å². The van der Waals surface area contributed by atoms with Crippen LogP contribution in [0.25, 0.3) is 0 Å². The van der Waals surface area contributed by atoms with Crippen LogP contribution in [-0.2, 0) is 12.8 Å². The van der Waals surface area contributed by atoms with Crippen molar-refractivity contribution in [3.63, 3.8) is 0 Å². The number of halogens is 1. The minimum absolute atomic E-state index is 0. The number of thiazole rings is 1. The number of nitrogens with zero attached hydrogens (tertiary/aromatic N) is 3. The first-order valence-electron chi connectivity index (χ1n) is 9.81. The summed E-state index contributed by atoms with van der Waals surface area (Å²) in [7, 11) is 1.84. The largest absolute Gasteiger partial charge is 0.356 e. The van der Waals surface area contributed by atoms with Crippen LogP contribution in [0.4, 0.5) is 0 Å². The Morgan fingerprint density at radius 1 is 1.27 bits per heavy atom. The van der Waals surface area contributed by atoms with Crippen LogP contribution in [0.1, 0.15) is 55.1 Å². The number of aliphatic imine (C=N–C) groups is 1. The summed E-state index contributed by atoms with van der Waals surface area (Å²) < 4.78 is 0. The van der Waals surface area contributed by atoms with Gasteiger partial charge in [-0.25, -0.2) is 4.98 Å². The molecule has 1 aromatic rings. The Labute approximate surface area is 180 Å². The summed E-state index contributed by atoms with van der Waals surface area (Å²) in [6.07, 6.45) is 7.33. The summed E-state index contributed by atoms with van der Waals surface area (Å²) in [4.78, 5) is 13.0. The second-order valence-corrected chi connectivity index (χ2v) is 8.02. The van der Waals surface area contributed by atoms with Crippen LogP contribution in [0.2, 0.25) is 0 Å². The normalized spacial score (nSPS) is 18.5. The molecule has 1 aliphatic heterocycles. The van der Waals surface area contributed by atoms with Gasteiger partial charge in [0.25, 0.3) is 0 Å². The molecule has 0 spiro atoms. The van der Waals surface area contributed by atoms with E-state index in [1.807, 2.05) is 18.4 Å². The smallest absolute Gasteiger partial charge is 0.191 e. The lowest BCUT2D eigenvalue weighted by Gasteiger charge is -2.35. The number of hydrogen-bond donors (Lipinski definition) is 2. The maximum Gasteiger partial charge on any atom is 0.191 e. The van der Waals surface area contributed by atoms with Crippen LogP contribution in [0.5, 0.6) is 0 Å².